The maximum Gasteiger partial charge on any atom is 0.306 e. The molecule has 62 heavy (non-hydrogen) atoms. The van der Waals surface area contributed by atoms with Crippen LogP contribution in [0.3, 0.4) is 0 Å². The van der Waals surface area contributed by atoms with Gasteiger partial charge in [0.2, 0.25) is 11.8 Å². The zero-order valence-electron chi connectivity index (χ0n) is 38.6. The molecule has 9 heteroatoms. The van der Waals surface area contributed by atoms with Crippen LogP contribution in [0.15, 0.2) is 78.9 Å². The third kappa shape index (κ3) is 16.7. The van der Waals surface area contributed by atoms with Gasteiger partial charge in [0.05, 0.1) is 39.8 Å². The molecule has 0 bridgehead atoms. The molecule has 0 aliphatic carbocycles. The van der Waals surface area contributed by atoms with Gasteiger partial charge in [0.25, 0.3) is 0 Å². The van der Waals surface area contributed by atoms with E-state index in [2.05, 4.69) is 24.4 Å². The van der Waals surface area contributed by atoms with Crippen molar-refractivity contribution in [3.8, 4) is 11.5 Å². The van der Waals surface area contributed by atoms with E-state index < -0.39 is 17.7 Å². The Morgan fingerprint density at radius 2 is 1.05 bits per heavy atom. The molecule has 2 amide bonds. The van der Waals surface area contributed by atoms with Crippen molar-refractivity contribution in [1.82, 2.24) is 10.2 Å². The van der Waals surface area contributed by atoms with Crippen molar-refractivity contribution in [3.05, 3.63) is 95.6 Å². The number of carbonyl (C=O) groups is 3. The smallest absolute Gasteiger partial charge is 0.306 e. The van der Waals surface area contributed by atoms with Crippen LogP contribution in [-0.4, -0.2) is 69.2 Å². The van der Waals surface area contributed by atoms with Crippen molar-refractivity contribution in [2.75, 3.05) is 34.4 Å². The van der Waals surface area contributed by atoms with E-state index in [-0.39, 0.29) is 37.3 Å². The molecule has 2 atom stereocenters. The van der Waals surface area contributed by atoms with Crippen LogP contribution in [0.4, 0.5) is 0 Å². The summed E-state index contributed by atoms with van der Waals surface area (Å²) in [6, 6.07) is 25.6. The van der Waals surface area contributed by atoms with Crippen molar-refractivity contribution in [1.29, 1.82) is 0 Å². The maximum absolute atomic E-state index is 14.0. The number of esters is 1. The summed E-state index contributed by atoms with van der Waals surface area (Å²) in [7, 11) is 4.84. The number of rotatable bonds is 32. The molecule has 1 heterocycles. The highest BCUT2D eigenvalue weighted by Crippen LogP contribution is 2.42. The Labute approximate surface area is 374 Å². The number of hydrogen-bond donors (Lipinski definition) is 1. The van der Waals surface area contributed by atoms with E-state index in [9.17, 15) is 14.4 Å². The number of methoxy groups -OCH3 is 2. The molecular formula is C53H78N2O7. The molecule has 0 aromatic heterocycles. The summed E-state index contributed by atoms with van der Waals surface area (Å²) in [5.41, 5.74) is 1.68. The third-order valence-electron chi connectivity index (χ3n) is 12.5. The summed E-state index contributed by atoms with van der Waals surface area (Å²) in [4.78, 5) is 40.6. The van der Waals surface area contributed by atoms with E-state index in [1.165, 1.54) is 103 Å². The maximum atomic E-state index is 14.0. The summed E-state index contributed by atoms with van der Waals surface area (Å²) in [5, 5.41) is 2.56. The van der Waals surface area contributed by atoms with Crippen molar-refractivity contribution in [2.45, 2.75) is 172 Å². The quantitative estimate of drug-likeness (QED) is 0.0379. The van der Waals surface area contributed by atoms with Gasteiger partial charge >= 0.3 is 5.97 Å². The number of benzene rings is 3. The van der Waals surface area contributed by atoms with Crippen LogP contribution in [0.5, 0.6) is 11.5 Å². The molecule has 4 rings (SSSR count). The molecule has 342 valence electrons. The molecule has 1 N–H and O–H groups in total. The predicted molar refractivity (Wildman–Crippen MR) is 250 cm³/mol. The number of ether oxygens (including phenoxy) is 4. The van der Waals surface area contributed by atoms with Gasteiger partial charge in [-0.3, -0.25) is 14.4 Å². The molecule has 0 saturated carbocycles. The lowest BCUT2D eigenvalue weighted by atomic mass is 9.80. The molecule has 1 fully saturated rings. The van der Waals surface area contributed by atoms with Crippen LogP contribution in [0.2, 0.25) is 0 Å². The lowest BCUT2D eigenvalue weighted by Gasteiger charge is -2.38. The first-order chi connectivity index (χ1) is 30.3. The number of nitrogens with zero attached hydrogens (tertiary/aromatic N) is 1. The second-order valence-electron chi connectivity index (χ2n) is 17.1. The average Bonchev–Trinajstić information content (AvgIpc) is 3.72. The molecule has 1 aliphatic rings. The standard InChI is InChI=1S/C53H78N2O7/c1-5-6-7-8-9-10-11-12-13-14-15-16-17-18-19-20-21-22-26-29-51(57)55-41-49(62-52(58)39-38-50(56)54-2)40-46(55)42-61-53(43-27-24-23-25-28-43,44-30-34-47(59-3)35-31-44)45-32-36-48(60-4)37-33-45/h23-25,27-28,30-37,46,49H,5-22,26,29,38-42H2,1-4H3,(H,54,56)/t46?,49-/m1/s1. The average molecular weight is 855 g/mol. The Hall–Kier alpha value is -4.37. The summed E-state index contributed by atoms with van der Waals surface area (Å²) in [6.07, 6.45) is 25.2. The molecule has 0 spiro atoms. The molecule has 0 radical (unpaired) electrons. The summed E-state index contributed by atoms with van der Waals surface area (Å²) in [6.45, 7) is 2.77. The van der Waals surface area contributed by atoms with Crippen molar-refractivity contribution >= 4 is 17.8 Å². The molecular weight excluding hydrogens is 777 g/mol. The summed E-state index contributed by atoms with van der Waals surface area (Å²) >= 11 is 0. The number of likely N-dealkylation sites (tertiary alicyclic amines) is 1. The van der Waals surface area contributed by atoms with E-state index in [4.69, 9.17) is 18.9 Å². The van der Waals surface area contributed by atoms with Gasteiger partial charge < -0.3 is 29.2 Å². The van der Waals surface area contributed by atoms with Gasteiger partial charge in [0.1, 0.15) is 23.2 Å². The van der Waals surface area contributed by atoms with Crippen LogP contribution >= 0.6 is 0 Å². The van der Waals surface area contributed by atoms with Crippen LogP contribution in [0.25, 0.3) is 0 Å². The highest BCUT2D eigenvalue weighted by atomic mass is 16.5. The van der Waals surface area contributed by atoms with Crippen molar-refractivity contribution < 1.29 is 33.3 Å². The number of hydrogen-bond acceptors (Lipinski definition) is 7. The molecule has 3 aromatic rings. The van der Waals surface area contributed by atoms with E-state index in [0.29, 0.717) is 19.4 Å². The van der Waals surface area contributed by atoms with Gasteiger partial charge in [-0.2, -0.15) is 0 Å². The normalized spacial score (nSPS) is 15.1. The fourth-order valence-electron chi connectivity index (χ4n) is 8.80. The van der Waals surface area contributed by atoms with Gasteiger partial charge in [-0.25, -0.2) is 0 Å². The Balaban J connectivity index is 1.33. The Bertz CT molecular complexity index is 1630. The van der Waals surface area contributed by atoms with E-state index in [0.717, 1.165) is 47.5 Å². The monoisotopic (exact) mass is 855 g/mol. The minimum atomic E-state index is -1.05. The molecule has 1 aliphatic heterocycles. The van der Waals surface area contributed by atoms with Gasteiger partial charge in [0.15, 0.2) is 0 Å². The first kappa shape index (κ1) is 50.3. The largest absolute Gasteiger partial charge is 0.497 e. The van der Waals surface area contributed by atoms with E-state index >= 15 is 0 Å². The lowest BCUT2D eigenvalue weighted by molar-refractivity contribution is -0.150. The van der Waals surface area contributed by atoms with Gasteiger partial charge in [-0.1, -0.05) is 177 Å². The molecule has 1 saturated heterocycles. The fraction of sp³-hybridized carbons (Fsp3) is 0.604. The first-order valence-electron chi connectivity index (χ1n) is 24.0. The van der Waals surface area contributed by atoms with Gasteiger partial charge in [0, 0.05) is 26.3 Å². The number of unbranched alkanes of at least 4 members (excludes halogenated alkanes) is 18. The SMILES string of the molecule is CCCCCCCCCCCCCCCCCCCCCC(=O)N1C[C@H](OC(=O)CCC(=O)NC)CC1COC(c1ccccc1)(c1ccc(OC)cc1)c1ccc(OC)cc1. The van der Waals surface area contributed by atoms with Crippen LogP contribution in [0, 0.1) is 0 Å². The third-order valence-corrected chi connectivity index (χ3v) is 12.5. The number of carbonyl (C=O) groups excluding carboxylic acids is 3. The topological polar surface area (TPSA) is 103 Å². The van der Waals surface area contributed by atoms with Crippen LogP contribution < -0.4 is 14.8 Å². The van der Waals surface area contributed by atoms with E-state index in [1.54, 1.807) is 21.3 Å². The number of nitrogens with one attached hydrogen (secondary N) is 1. The van der Waals surface area contributed by atoms with Crippen molar-refractivity contribution in [3.63, 3.8) is 0 Å². The lowest BCUT2D eigenvalue weighted by Crippen LogP contribution is -2.42. The fourth-order valence-corrected chi connectivity index (χ4v) is 8.80. The van der Waals surface area contributed by atoms with Gasteiger partial charge in [-0.15, -0.1) is 0 Å². The van der Waals surface area contributed by atoms with Crippen LogP contribution in [-0.2, 0) is 29.5 Å². The Kier molecular flexibility index (Phi) is 23.6. The molecule has 3 aromatic carbocycles. The van der Waals surface area contributed by atoms with Crippen molar-refractivity contribution in [2.24, 2.45) is 0 Å². The second kappa shape index (κ2) is 29.1. The van der Waals surface area contributed by atoms with Crippen LogP contribution in [0.1, 0.15) is 171 Å². The molecule has 9 nitrogen and oxygen atoms in total. The summed E-state index contributed by atoms with van der Waals surface area (Å²) < 4.78 is 24.2. The minimum Gasteiger partial charge on any atom is -0.497 e. The molecule has 1 unspecified atom stereocenters. The predicted octanol–water partition coefficient (Wildman–Crippen LogP) is 11.9. The highest BCUT2D eigenvalue weighted by Gasteiger charge is 2.42. The minimum absolute atomic E-state index is 0.0172. The Morgan fingerprint density at radius 3 is 1.50 bits per heavy atom. The zero-order chi connectivity index (χ0) is 44.3. The second-order valence-corrected chi connectivity index (χ2v) is 17.1. The first-order valence-corrected chi connectivity index (χ1v) is 24.0. The summed E-state index contributed by atoms with van der Waals surface area (Å²) in [5.74, 6) is 0.850. The number of amides is 2. The highest BCUT2D eigenvalue weighted by molar-refractivity contribution is 5.81. The van der Waals surface area contributed by atoms with Gasteiger partial charge in [-0.05, 0) is 47.4 Å². The van der Waals surface area contributed by atoms with E-state index in [1.807, 2.05) is 71.6 Å². The zero-order valence-corrected chi connectivity index (χ0v) is 38.6. The Morgan fingerprint density at radius 1 is 0.597 bits per heavy atom.